The first kappa shape index (κ1) is 22.7. The van der Waals surface area contributed by atoms with Crippen LogP contribution < -0.4 is 0 Å². The van der Waals surface area contributed by atoms with Crippen LogP contribution in [0.4, 0.5) is 8.78 Å². The molecule has 1 aromatic heterocycles. The van der Waals surface area contributed by atoms with E-state index in [2.05, 4.69) is 0 Å². The Morgan fingerprint density at radius 2 is 1.90 bits per heavy atom. The van der Waals surface area contributed by atoms with Crippen molar-refractivity contribution < 1.29 is 28.2 Å². The second-order valence-electron chi connectivity index (χ2n) is 7.33. The van der Waals surface area contributed by atoms with Gasteiger partial charge < -0.3 is 9.84 Å². The summed E-state index contributed by atoms with van der Waals surface area (Å²) in [7, 11) is 0. The molecule has 0 radical (unpaired) electrons. The Morgan fingerprint density at radius 3 is 2.55 bits per heavy atom. The van der Waals surface area contributed by atoms with Crippen molar-refractivity contribution in [1.82, 2.24) is 4.57 Å². The van der Waals surface area contributed by atoms with Crippen LogP contribution in [0.2, 0.25) is 5.02 Å². The quantitative estimate of drug-likeness (QED) is 0.386. The number of fused-ring (bicyclic) bond motifs is 1. The zero-order chi connectivity index (χ0) is 22.9. The predicted octanol–water partition coefficient (Wildman–Crippen LogP) is 5.72. The van der Waals surface area contributed by atoms with Crippen molar-refractivity contribution in [2.24, 2.45) is 0 Å². The highest BCUT2D eigenvalue weighted by atomic mass is 35.5. The van der Waals surface area contributed by atoms with E-state index in [1.807, 2.05) is 6.92 Å². The third kappa shape index (κ3) is 4.28. The van der Waals surface area contributed by atoms with Crippen molar-refractivity contribution >= 4 is 34.4 Å². The van der Waals surface area contributed by atoms with Gasteiger partial charge in [-0.1, -0.05) is 24.9 Å². The van der Waals surface area contributed by atoms with Crippen LogP contribution in [-0.2, 0) is 9.53 Å². The molecule has 3 rings (SSSR count). The van der Waals surface area contributed by atoms with Crippen LogP contribution in [-0.4, -0.2) is 28.2 Å². The van der Waals surface area contributed by atoms with Crippen LogP contribution in [0.1, 0.15) is 54.2 Å². The molecule has 0 fully saturated rings. The summed E-state index contributed by atoms with van der Waals surface area (Å²) in [6.07, 6.45) is 1.57. The molecule has 0 amide bonds. The number of unbranched alkanes of at least 4 members (excludes halogenated alkanes) is 1. The molecule has 5 nitrogen and oxygen atoms in total. The van der Waals surface area contributed by atoms with E-state index in [1.54, 1.807) is 13.8 Å². The minimum atomic E-state index is -0.925. The fourth-order valence-electron chi connectivity index (χ4n) is 3.57. The number of phenolic OH excluding ortho intramolecular Hbond substituents is 1. The standard InChI is InChI=1S/C23H22ClF2NO4/c1-4-5-8-31-23(30)12(2)21-13(3)27(19-11-18(26)20(28)10-15(19)21)22(29)14-6-7-16(24)17(25)9-14/h6-7,9-12,28H,4-5,8H2,1-3H3/t12-/m0/s1. The second-order valence-corrected chi connectivity index (χ2v) is 7.74. The topological polar surface area (TPSA) is 68.5 Å². The van der Waals surface area contributed by atoms with Gasteiger partial charge in [-0.25, -0.2) is 8.78 Å². The third-order valence-corrected chi connectivity index (χ3v) is 5.53. The smallest absolute Gasteiger partial charge is 0.313 e. The van der Waals surface area contributed by atoms with Crippen molar-refractivity contribution in [3.63, 3.8) is 0 Å². The first-order chi connectivity index (χ1) is 14.7. The van der Waals surface area contributed by atoms with Gasteiger partial charge in [0.2, 0.25) is 0 Å². The molecule has 0 aliphatic heterocycles. The first-order valence-electron chi connectivity index (χ1n) is 9.87. The Hall–Kier alpha value is -2.93. The Balaban J connectivity index is 2.17. The highest BCUT2D eigenvalue weighted by molar-refractivity contribution is 6.30. The van der Waals surface area contributed by atoms with E-state index in [9.17, 15) is 23.5 Å². The highest BCUT2D eigenvalue weighted by Gasteiger charge is 2.28. The number of ether oxygens (including phenoxy) is 1. The molecule has 1 atom stereocenters. The monoisotopic (exact) mass is 449 g/mol. The van der Waals surface area contributed by atoms with Crippen LogP contribution in [0.25, 0.3) is 10.9 Å². The number of aromatic nitrogens is 1. The summed E-state index contributed by atoms with van der Waals surface area (Å²) >= 11 is 5.71. The van der Waals surface area contributed by atoms with Gasteiger partial charge in [0.05, 0.1) is 23.1 Å². The molecule has 1 N–H and O–H groups in total. The number of carbonyl (C=O) groups is 2. The normalized spacial score (nSPS) is 12.2. The number of phenols is 1. The largest absolute Gasteiger partial charge is 0.505 e. The minimum Gasteiger partial charge on any atom is -0.505 e. The molecule has 31 heavy (non-hydrogen) atoms. The third-order valence-electron chi connectivity index (χ3n) is 5.22. The lowest BCUT2D eigenvalue weighted by molar-refractivity contribution is -0.145. The summed E-state index contributed by atoms with van der Waals surface area (Å²) in [5, 5.41) is 10.1. The number of aromatic hydroxyl groups is 1. The molecule has 3 aromatic rings. The Morgan fingerprint density at radius 1 is 1.19 bits per heavy atom. The Labute approximate surface area is 183 Å². The maximum absolute atomic E-state index is 14.2. The van der Waals surface area contributed by atoms with E-state index in [-0.39, 0.29) is 22.7 Å². The zero-order valence-electron chi connectivity index (χ0n) is 17.3. The van der Waals surface area contributed by atoms with Gasteiger partial charge in [0.1, 0.15) is 5.82 Å². The molecular weight excluding hydrogens is 428 g/mol. The average molecular weight is 450 g/mol. The number of carbonyl (C=O) groups excluding carboxylic acids is 2. The first-order valence-corrected chi connectivity index (χ1v) is 10.2. The van der Waals surface area contributed by atoms with E-state index in [1.165, 1.54) is 22.8 Å². The van der Waals surface area contributed by atoms with Gasteiger partial charge in [-0.2, -0.15) is 0 Å². The minimum absolute atomic E-state index is 0.000101. The van der Waals surface area contributed by atoms with Gasteiger partial charge in [0.15, 0.2) is 11.6 Å². The molecule has 0 saturated carbocycles. The van der Waals surface area contributed by atoms with Crippen molar-refractivity contribution in [3.8, 4) is 5.75 Å². The van der Waals surface area contributed by atoms with Crippen LogP contribution in [0.3, 0.4) is 0 Å². The lowest BCUT2D eigenvalue weighted by Crippen LogP contribution is -2.17. The fourth-order valence-corrected chi connectivity index (χ4v) is 3.69. The summed E-state index contributed by atoms with van der Waals surface area (Å²) in [5.41, 5.74) is 0.936. The SMILES string of the molecule is CCCCOC(=O)[C@@H](C)c1c(C)n(C(=O)c2ccc(Cl)c(F)c2)c2cc(F)c(O)cc12. The number of benzene rings is 2. The van der Waals surface area contributed by atoms with Gasteiger partial charge in [-0.3, -0.25) is 14.2 Å². The van der Waals surface area contributed by atoms with E-state index in [0.717, 1.165) is 18.6 Å². The molecule has 0 spiro atoms. The maximum atomic E-state index is 14.2. The van der Waals surface area contributed by atoms with E-state index >= 15 is 0 Å². The molecule has 0 aliphatic carbocycles. The van der Waals surface area contributed by atoms with E-state index in [0.29, 0.717) is 23.1 Å². The lowest BCUT2D eigenvalue weighted by atomic mass is 9.98. The summed E-state index contributed by atoms with van der Waals surface area (Å²) < 4.78 is 34.6. The summed E-state index contributed by atoms with van der Waals surface area (Å²) in [6.45, 7) is 5.45. The number of hydrogen-bond acceptors (Lipinski definition) is 4. The Kier molecular flexibility index (Phi) is 6.65. The molecular formula is C23H22ClF2NO4. The molecule has 8 heteroatoms. The van der Waals surface area contributed by atoms with Gasteiger partial charge in [0, 0.05) is 22.7 Å². The number of esters is 1. The number of hydrogen-bond donors (Lipinski definition) is 1. The summed E-state index contributed by atoms with van der Waals surface area (Å²) in [4.78, 5) is 25.8. The molecule has 164 valence electrons. The zero-order valence-corrected chi connectivity index (χ0v) is 18.1. The molecule has 0 saturated heterocycles. The van der Waals surface area contributed by atoms with Gasteiger partial charge in [0.25, 0.3) is 5.91 Å². The Bertz CT molecular complexity index is 1170. The lowest BCUT2D eigenvalue weighted by Gasteiger charge is -2.13. The van der Waals surface area contributed by atoms with Crippen LogP contribution >= 0.6 is 11.6 Å². The number of rotatable bonds is 6. The average Bonchev–Trinajstić information content (AvgIpc) is 3.00. The molecule has 0 bridgehead atoms. The molecule has 2 aromatic carbocycles. The molecule has 1 heterocycles. The number of halogens is 3. The van der Waals surface area contributed by atoms with E-state index < -0.39 is 35.2 Å². The summed E-state index contributed by atoms with van der Waals surface area (Å²) in [6, 6.07) is 5.80. The molecule has 0 unspecified atom stereocenters. The maximum Gasteiger partial charge on any atom is 0.313 e. The summed E-state index contributed by atoms with van der Waals surface area (Å²) in [5.74, 6) is -4.20. The number of nitrogens with zero attached hydrogens (tertiary/aromatic N) is 1. The van der Waals surface area contributed by atoms with Crippen LogP contribution in [0.5, 0.6) is 5.75 Å². The van der Waals surface area contributed by atoms with Crippen molar-refractivity contribution in [3.05, 3.63) is 63.8 Å². The van der Waals surface area contributed by atoms with Crippen LogP contribution in [0, 0.1) is 18.6 Å². The second kappa shape index (κ2) is 9.06. The van der Waals surface area contributed by atoms with Crippen molar-refractivity contribution in [2.45, 2.75) is 39.5 Å². The predicted molar refractivity (Wildman–Crippen MR) is 114 cm³/mol. The van der Waals surface area contributed by atoms with Gasteiger partial charge in [-0.15, -0.1) is 0 Å². The van der Waals surface area contributed by atoms with Gasteiger partial charge >= 0.3 is 5.97 Å². The molecule has 0 aliphatic rings. The van der Waals surface area contributed by atoms with Crippen molar-refractivity contribution in [1.29, 1.82) is 0 Å². The van der Waals surface area contributed by atoms with Gasteiger partial charge in [-0.05, 0) is 50.1 Å². The fraction of sp³-hybridized carbons (Fsp3) is 0.304. The van der Waals surface area contributed by atoms with E-state index in [4.69, 9.17) is 16.3 Å². The highest BCUT2D eigenvalue weighted by Crippen LogP contribution is 2.36. The van der Waals surface area contributed by atoms with Crippen LogP contribution in [0.15, 0.2) is 30.3 Å². The van der Waals surface area contributed by atoms with Crippen molar-refractivity contribution in [2.75, 3.05) is 6.61 Å².